The molecular formula is C9H14F4N2O. The van der Waals surface area contributed by atoms with E-state index in [4.69, 9.17) is 0 Å². The normalized spacial score (nSPS) is 26.1. The van der Waals surface area contributed by atoms with E-state index in [2.05, 4.69) is 5.32 Å². The number of hydrogen-bond acceptors (Lipinski definition) is 2. The van der Waals surface area contributed by atoms with Crippen LogP contribution in [0.4, 0.5) is 17.6 Å². The van der Waals surface area contributed by atoms with Gasteiger partial charge in [-0.05, 0) is 12.5 Å². The van der Waals surface area contributed by atoms with Crippen LogP contribution < -0.4 is 10.6 Å². The molecule has 2 unspecified atom stereocenters. The fourth-order valence-corrected chi connectivity index (χ4v) is 1.57. The summed E-state index contributed by atoms with van der Waals surface area (Å²) in [5, 5.41) is 4.79. The average molecular weight is 242 g/mol. The minimum atomic E-state index is -4.16. The molecule has 0 aliphatic carbocycles. The van der Waals surface area contributed by atoms with Gasteiger partial charge in [0.2, 0.25) is 5.91 Å². The van der Waals surface area contributed by atoms with Gasteiger partial charge in [0, 0.05) is 6.54 Å². The summed E-state index contributed by atoms with van der Waals surface area (Å²) in [5.41, 5.74) is 0. The second kappa shape index (κ2) is 4.99. The van der Waals surface area contributed by atoms with Crippen LogP contribution in [0.1, 0.15) is 6.92 Å². The van der Waals surface area contributed by atoms with Crippen molar-refractivity contribution < 1.29 is 22.4 Å². The van der Waals surface area contributed by atoms with Crippen molar-refractivity contribution in [2.45, 2.75) is 19.3 Å². The summed E-state index contributed by atoms with van der Waals surface area (Å²) >= 11 is 0. The van der Waals surface area contributed by atoms with E-state index in [1.165, 1.54) is 0 Å². The molecule has 7 heteroatoms. The van der Waals surface area contributed by atoms with E-state index in [-0.39, 0.29) is 5.92 Å². The first-order valence-electron chi connectivity index (χ1n) is 4.99. The Morgan fingerprint density at radius 3 is 2.56 bits per heavy atom. The molecule has 0 bridgehead atoms. The minimum absolute atomic E-state index is 0.0279. The lowest BCUT2D eigenvalue weighted by atomic mass is 9.97. The second-order valence-corrected chi connectivity index (χ2v) is 4.02. The Kier molecular flexibility index (Phi) is 4.12. The van der Waals surface area contributed by atoms with Gasteiger partial charge >= 0.3 is 12.3 Å². The smallest absolute Gasteiger partial charge is 0.324 e. The number of amides is 1. The first-order valence-corrected chi connectivity index (χ1v) is 4.99. The van der Waals surface area contributed by atoms with Crippen LogP contribution in [-0.4, -0.2) is 37.9 Å². The Morgan fingerprint density at radius 1 is 1.50 bits per heavy atom. The number of carbonyl (C=O) groups is 1. The molecule has 0 aromatic carbocycles. The van der Waals surface area contributed by atoms with E-state index in [0.29, 0.717) is 13.1 Å². The number of rotatable bonds is 4. The number of hydrogen-bond donors (Lipinski definition) is 2. The molecule has 1 saturated heterocycles. The van der Waals surface area contributed by atoms with Crippen LogP contribution in [0.25, 0.3) is 0 Å². The Bertz CT molecular complexity index is 260. The number of alkyl halides is 4. The SMILES string of the molecule is CC1CNCC1C(=O)NCC(F)(F)C(F)F. The highest BCUT2D eigenvalue weighted by Gasteiger charge is 2.41. The Balaban J connectivity index is 2.41. The van der Waals surface area contributed by atoms with Crippen LogP contribution in [0.15, 0.2) is 0 Å². The molecule has 0 spiro atoms. The van der Waals surface area contributed by atoms with Crippen molar-refractivity contribution in [2.75, 3.05) is 19.6 Å². The van der Waals surface area contributed by atoms with Gasteiger partial charge in [-0.1, -0.05) is 6.92 Å². The molecule has 2 N–H and O–H groups in total. The van der Waals surface area contributed by atoms with Crippen LogP contribution in [0.2, 0.25) is 0 Å². The van der Waals surface area contributed by atoms with Gasteiger partial charge in [0.1, 0.15) is 0 Å². The monoisotopic (exact) mass is 242 g/mol. The Hall–Kier alpha value is -0.850. The van der Waals surface area contributed by atoms with Crippen molar-refractivity contribution in [1.29, 1.82) is 0 Å². The van der Waals surface area contributed by atoms with Gasteiger partial charge in [-0.25, -0.2) is 8.78 Å². The molecule has 16 heavy (non-hydrogen) atoms. The molecule has 1 aliphatic rings. The van der Waals surface area contributed by atoms with Gasteiger partial charge in [0.15, 0.2) is 0 Å². The van der Waals surface area contributed by atoms with Crippen molar-refractivity contribution in [3.63, 3.8) is 0 Å². The van der Waals surface area contributed by atoms with E-state index >= 15 is 0 Å². The molecule has 1 rings (SSSR count). The zero-order chi connectivity index (χ0) is 12.3. The molecular weight excluding hydrogens is 228 g/mol. The molecule has 0 radical (unpaired) electrons. The van der Waals surface area contributed by atoms with Gasteiger partial charge in [0.25, 0.3) is 0 Å². The average Bonchev–Trinajstić information content (AvgIpc) is 2.61. The maximum Gasteiger partial charge on any atom is 0.324 e. The summed E-state index contributed by atoms with van der Waals surface area (Å²) in [6, 6.07) is 0. The summed E-state index contributed by atoms with van der Waals surface area (Å²) in [7, 11) is 0. The third-order valence-electron chi connectivity index (χ3n) is 2.67. The quantitative estimate of drug-likeness (QED) is 0.718. The fourth-order valence-electron chi connectivity index (χ4n) is 1.57. The summed E-state index contributed by atoms with van der Waals surface area (Å²) < 4.78 is 48.6. The molecule has 0 aromatic rings. The van der Waals surface area contributed by atoms with Crippen LogP contribution >= 0.6 is 0 Å². The van der Waals surface area contributed by atoms with Crippen molar-refractivity contribution in [1.82, 2.24) is 10.6 Å². The zero-order valence-corrected chi connectivity index (χ0v) is 8.77. The molecule has 1 aliphatic heterocycles. The largest absolute Gasteiger partial charge is 0.350 e. The number of nitrogens with one attached hydrogen (secondary N) is 2. The molecule has 0 saturated carbocycles. The summed E-state index contributed by atoms with van der Waals surface area (Å²) in [6.45, 7) is 1.51. The summed E-state index contributed by atoms with van der Waals surface area (Å²) in [6.07, 6.45) is -3.76. The summed E-state index contributed by atoms with van der Waals surface area (Å²) in [4.78, 5) is 11.4. The molecule has 1 amide bonds. The van der Waals surface area contributed by atoms with Crippen molar-refractivity contribution >= 4 is 5.91 Å². The van der Waals surface area contributed by atoms with Crippen LogP contribution in [-0.2, 0) is 4.79 Å². The number of carbonyl (C=O) groups excluding carboxylic acids is 1. The van der Waals surface area contributed by atoms with Gasteiger partial charge in [-0.15, -0.1) is 0 Å². The maximum atomic E-state index is 12.5. The molecule has 2 atom stereocenters. The molecule has 1 heterocycles. The predicted octanol–water partition coefficient (Wildman–Crippen LogP) is 0.858. The second-order valence-electron chi connectivity index (χ2n) is 4.02. The first-order chi connectivity index (χ1) is 7.34. The van der Waals surface area contributed by atoms with Gasteiger partial charge in [-0.2, -0.15) is 8.78 Å². The van der Waals surface area contributed by atoms with E-state index in [1.54, 1.807) is 6.92 Å². The molecule has 1 fully saturated rings. The van der Waals surface area contributed by atoms with E-state index in [9.17, 15) is 22.4 Å². The Labute approximate surface area is 90.6 Å². The van der Waals surface area contributed by atoms with Crippen LogP contribution in [0.5, 0.6) is 0 Å². The topological polar surface area (TPSA) is 41.1 Å². The van der Waals surface area contributed by atoms with Gasteiger partial charge in [-0.3, -0.25) is 4.79 Å². The standard InChI is InChI=1S/C9H14F4N2O/c1-5-2-14-3-6(5)7(16)15-4-9(12,13)8(10)11/h5-6,8,14H,2-4H2,1H3,(H,15,16). The van der Waals surface area contributed by atoms with Crippen LogP contribution in [0, 0.1) is 11.8 Å². The van der Waals surface area contributed by atoms with E-state index < -0.39 is 30.7 Å². The number of halogens is 4. The maximum absolute atomic E-state index is 12.5. The van der Waals surface area contributed by atoms with Gasteiger partial charge in [0.05, 0.1) is 12.5 Å². The van der Waals surface area contributed by atoms with Crippen molar-refractivity contribution in [3.8, 4) is 0 Å². The third kappa shape index (κ3) is 3.07. The molecule has 3 nitrogen and oxygen atoms in total. The fraction of sp³-hybridized carbons (Fsp3) is 0.889. The zero-order valence-electron chi connectivity index (χ0n) is 8.77. The minimum Gasteiger partial charge on any atom is -0.350 e. The van der Waals surface area contributed by atoms with Crippen molar-refractivity contribution in [2.24, 2.45) is 11.8 Å². The van der Waals surface area contributed by atoms with Crippen molar-refractivity contribution in [3.05, 3.63) is 0 Å². The first kappa shape index (κ1) is 13.2. The highest BCUT2D eigenvalue weighted by Crippen LogP contribution is 2.22. The molecule has 0 aromatic heterocycles. The Morgan fingerprint density at radius 2 is 2.12 bits per heavy atom. The lowest BCUT2D eigenvalue weighted by Crippen LogP contribution is -2.44. The van der Waals surface area contributed by atoms with Crippen LogP contribution in [0.3, 0.4) is 0 Å². The highest BCUT2D eigenvalue weighted by atomic mass is 19.3. The van der Waals surface area contributed by atoms with E-state index in [0.717, 1.165) is 0 Å². The van der Waals surface area contributed by atoms with Gasteiger partial charge < -0.3 is 10.6 Å². The lowest BCUT2D eigenvalue weighted by Gasteiger charge is -2.18. The predicted molar refractivity (Wildman–Crippen MR) is 49.5 cm³/mol. The lowest BCUT2D eigenvalue weighted by molar-refractivity contribution is -0.139. The highest BCUT2D eigenvalue weighted by molar-refractivity contribution is 5.79. The molecule has 94 valence electrons. The third-order valence-corrected chi connectivity index (χ3v) is 2.67. The summed E-state index contributed by atoms with van der Waals surface area (Å²) in [5.74, 6) is -5.16. The van der Waals surface area contributed by atoms with E-state index in [1.807, 2.05) is 5.32 Å².